The van der Waals surface area contributed by atoms with Gasteiger partial charge >= 0.3 is 0 Å². The highest BCUT2D eigenvalue weighted by atomic mass is 19.1. The van der Waals surface area contributed by atoms with Crippen LogP contribution in [0, 0.1) is 5.82 Å². The predicted molar refractivity (Wildman–Crippen MR) is 123 cm³/mol. The van der Waals surface area contributed by atoms with Gasteiger partial charge in [0.2, 0.25) is 5.95 Å². The second kappa shape index (κ2) is 9.12. The quantitative estimate of drug-likeness (QED) is 0.456. The molecule has 33 heavy (non-hydrogen) atoms. The standard InChI is InChI=1S/C25H22FN5O2/c26-19-13-11-18(12-14-19)22-15-21(17-7-3-1-4-8-17)27-25-29-24(30-31(22)25)28-23(32)16-33-20-9-5-2-6-10-20/h1-14,21-22H,15-16H2,(H2,27,28,29,30,32)/t21-,22-/m1/s1. The van der Waals surface area contributed by atoms with Gasteiger partial charge in [-0.15, -0.1) is 5.10 Å². The second-order valence-electron chi connectivity index (χ2n) is 7.76. The number of hydrogen-bond donors (Lipinski definition) is 2. The fraction of sp³-hybridized carbons (Fsp3) is 0.160. The van der Waals surface area contributed by atoms with Crippen molar-refractivity contribution in [3.8, 4) is 5.75 Å². The lowest BCUT2D eigenvalue weighted by molar-refractivity contribution is -0.118. The van der Waals surface area contributed by atoms with Gasteiger partial charge in [-0.05, 0) is 41.8 Å². The Morgan fingerprint density at radius 2 is 1.70 bits per heavy atom. The summed E-state index contributed by atoms with van der Waals surface area (Å²) in [5.41, 5.74) is 2.02. The number of aromatic nitrogens is 3. The first-order valence-electron chi connectivity index (χ1n) is 10.7. The highest BCUT2D eigenvalue weighted by Gasteiger charge is 2.31. The summed E-state index contributed by atoms with van der Waals surface area (Å²) in [5.74, 6) is 0.661. The highest BCUT2D eigenvalue weighted by molar-refractivity contribution is 5.90. The molecule has 4 aromatic rings. The zero-order valence-electron chi connectivity index (χ0n) is 17.7. The highest BCUT2D eigenvalue weighted by Crippen LogP contribution is 2.38. The smallest absolute Gasteiger partial charge is 0.264 e. The van der Waals surface area contributed by atoms with Crippen LogP contribution in [-0.2, 0) is 4.79 Å². The van der Waals surface area contributed by atoms with Crippen molar-refractivity contribution in [2.45, 2.75) is 18.5 Å². The number of nitrogens with zero attached hydrogens (tertiary/aromatic N) is 3. The van der Waals surface area contributed by atoms with Crippen LogP contribution in [0.3, 0.4) is 0 Å². The number of halogens is 1. The van der Waals surface area contributed by atoms with Crippen LogP contribution in [-0.4, -0.2) is 27.3 Å². The fourth-order valence-electron chi connectivity index (χ4n) is 3.92. The van der Waals surface area contributed by atoms with Crippen LogP contribution >= 0.6 is 0 Å². The van der Waals surface area contributed by atoms with E-state index < -0.39 is 0 Å². The number of anilines is 2. The van der Waals surface area contributed by atoms with E-state index in [1.165, 1.54) is 12.1 Å². The van der Waals surface area contributed by atoms with Crippen molar-refractivity contribution in [1.29, 1.82) is 0 Å². The maximum atomic E-state index is 13.5. The third-order valence-corrected chi connectivity index (χ3v) is 5.51. The molecular formula is C25H22FN5O2. The summed E-state index contributed by atoms with van der Waals surface area (Å²) in [6.07, 6.45) is 0.691. The van der Waals surface area contributed by atoms with Crippen molar-refractivity contribution in [2.75, 3.05) is 17.2 Å². The number of hydrogen-bond acceptors (Lipinski definition) is 5. The van der Waals surface area contributed by atoms with E-state index in [1.54, 1.807) is 28.9 Å². The van der Waals surface area contributed by atoms with E-state index in [0.29, 0.717) is 18.1 Å². The second-order valence-corrected chi connectivity index (χ2v) is 7.76. The van der Waals surface area contributed by atoms with Gasteiger partial charge in [-0.2, -0.15) is 4.98 Å². The summed E-state index contributed by atoms with van der Waals surface area (Å²) in [6, 6.07) is 25.4. The maximum Gasteiger partial charge on any atom is 0.264 e. The lowest BCUT2D eigenvalue weighted by Crippen LogP contribution is -2.28. The van der Waals surface area contributed by atoms with Crippen LogP contribution in [0.25, 0.3) is 0 Å². The normalized spacial score (nSPS) is 17.0. The summed E-state index contributed by atoms with van der Waals surface area (Å²) in [6.45, 7) is -0.157. The molecule has 0 spiro atoms. The lowest BCUT2D eigenvalue weighted by Gasteiger charge is -2.31. The Labute approximate surface area is 190 Å². The number of carbonyl (C=O) groups is 1. The molecule has 2 atom stereocenters. The minimum atomic E-state index is -0.361. The van der Waals surface area contributed by atoms with Gasteiger partial charge in [0, 0.05) is 0 Å². The maximum absolute atomic E-state index is 13.5. The molecule has 1 aromatic heterocycles. The van der Waals surface area contributed by atoms with Crippen LogP contribution in [0.15, 0.2) is 84.9 Å². The molecule has 5 rings (SSSR count). The van der Waals surface area contributed by atoms with Crippen LogP contribution in [0.5, 0.6) is 5.75 Å². The number of carbonyl (C=O) groups excluding carboxylic acids is 1. The molecule has 0 unspecified atom stereocenters. The average molecular weight is 443 g/mol. The first kappa shape index (κ1) is 20.7. The molecule has 0 bridgehead atoms. The summed E-state index contributed by atoms with van der Waals surface area (Å²) in [5, 5.41) is 10.6. The van der Waals surface area contributed by atoms with Crippen molar-refractivity contribution < 1.29 is 13.9 Å². The summed E-state index contributed by atoms with van der Waals surface area (Å²) in [4.78, 5) is 16.9. The Bertz CT molecular complexity index is 1230. The number of ether oxygens (including phenoxy) is 1. The Kier molecular flexibility index (Phi) is 5.72. The van der Waals surface area contributed by atoms with E-state index in [-0.39, 0.29) is 36.4 Å². The number of para-hydroxylation sites is 1. The van der Waals surface area contributed by atoms with Crippen molar-refractivity contribution in [3.05, 3.63) is 102 Å². The van der Waals surface area contributed by atoms with Gasteiger partial charge in [0.25, 0.3) is 11.9 Å². The van der Waals surface area contributed by atoms with E-state index >= 15 is 0 Å². The molecule has 2 N–H and O–H groups in total. The van der Waals surface area contributed by atoms with Gasteiger partial charge in [0.05, 0.1) is 12.1 Å². The van der Waals surface area contributed by atoms with E-state index in [1.807, 2.05) is 36.4 Å². The molecule has 0 saturated heterocycles. The zero-order chi connectivity index (χ0) is 22.6. The molecule has 1 amide bonds. The first-order chi connectivity index (χ1) is 16.2. The van der Waals surface area contributed by atoms with Gasteiger partial charge < -0.3 is 10.1 Å². The molecule has 7 nitrogen and oxygen atoms in total. The first-order valence-corrected chi connectivity index (χ1v) is 10.7. The SMILES string of the molecule is O=C(COc1ccccc1)Nc1nc2n(n1)[C@@H](c1ccc(F)cc1)C[C@H](c1ccccc1)N2. The fourth-order valence-corrected chi connectivity index (χ4v) is 3.92. The topological polar surface area (TPSA) is 81.1 Å². The molecule has 2 heterocycles. The third kappa shape index (κ3) is 4.69. The van der Waals surface area contributed by atoms with Gasteiger partial charge in [0.15, 0.2) is 6.61 Å². The van der Waals surface area contributed by atoms with Crippen LogP contribution in [0.4, 0.5) is 16.3 Å². The molecule has 8 heteroatoms. The molecule has 3 aromatic carbocycles. The largest absolute Gasteiger partial charge is 0.484 e. The number of rotatable bonds is 6. The third-order valence-electron chi connectivity index (χ3n) is 5.51. The van der Waals surface area contributed by atoms with Gasteiger partial charge in [-0.3, -0.25) is 10.1 Å². The monoisotopic (exact) mass is 443 g/mol. The predicted octanol–water partition coefficient (Wildman–Crippen LogP) is 4.58. The van der Waals surface area contributed by atoms with E-state index in [0.717, 1.165) is 11.1 Å². The van der Waals surface area contributed by atoms with Crippen molar-refractivity contribution in [3.63, 3.8) is 0 Å². The van der Waals surface area contributed by atoms with Crippen LogP contribution in [0.2, 0.25) is 0 Å². The molecule has 1 aliphatic rings. The van der Waals surface area contributed by atoms with E-state index in [2.05, 4.69) is 32.8 Å². The van der Waals surface area contributed by atoms with Crippen molar-refractivity contribution in [2.24, 2.45) is 0 Å². The van der Waals surface area contributed by atoms with Crippen LogP contribution < -0.4 is 15.4 Å². The number of benzene rings is 3. The molecule has 0 fully saturated rings. The Balaban J connectivity index is 1.38. The zero-order valence-corrected chi connectivity index (χ0v) is 17.7. The number of nitrogens with one attached hydrogen (secondary N) is 2. The summed E-state index contributed by atoms with van der Waals surface area (Å²) < 4.78 is 20.8. The summed E-state index contributed by atoms with van der Waals surface area (Å²) in [7, 11) is 0. The Morgan fingerprint density at radius 3 is 2.42 bits per heavy atom. The van der Waals surface area contributed by atoms with Gasteiger partial charge in [0.1, 0.15) is 11.6 Å². The number of amides is 1. The Hall–Kier alpha value is -4.20. The average Bonchev–Trinajstić information content (AvgIpc) is 3.26. The van der Waals surface area contributed by atoms with E-state index in [4.69, 9.17) is 4.74 Å². The van der Waals surface area contributed by atoms with Crippen molar-refractivity contribution in [1.82, 2.24) is 14.8 Å². The minimum Gasteiger partial charge on any atom is -0.484 e. The van der Waals surface area contributed by atoms with E-state index in [9.17, 15) is 9.18 Å². The molecule has 0 radical (unpaired) electrons. The molecule has 0 aliphatic carbocycles. The van der Waals surface area contributed by atoms with Gasteiger partial charge in [-0.25, -0.2) is 9.07 Å². The molecular weight excluding hydrogens is 421 g/mol. The molecule has 0 saturated carbocycles. The molecule has 166 valence electrons. The van der Waals surface area contributed by atoms with Gasteiger partial charge in [-0.1, -0.05) is 60.7 Å². The Morgan fingerprint density at radius 1 is 1.00 bits per heavy atom. The summed E-state index contributed by atoms with van der Waals surface area (Å²) >= 11 is 0. The minimum absolute atomic E-state index is 0.0112. The number of fused-ring (bicyclic) bond motifs is 1. The molecule has 1 aliphatic heterocycles. The lowest BCUT2D eigenvalue weighted by atomic mass is 9.93. The van der Waals surface area contributed by atoms with Crippen molar-refractivity contribution >= 4 is 17.8 Å². The van der Waals surface area contributed by atoms with Crippen LogP contribution in [0.1, 0.15) is 29.6 Å².